The summed E-state index contributed by atoms with van der Waals surface area (Å²) in [6, 6.07) is -0.553. The van der Waals surface area contributed by atoms with Crippen molar-refractivity contribution in [3.63, 3.8) is 0 Å². The third-order valence-corrected chi connectivity index (χ3v) is 0.975. The quantitative estimate of drug-likeness (QED) is 0.542. The Morgan fingerprint density at radius 2 is 2.00 bits per heavy atom. The average Bonchev–Trinajstić information content (AvgIpc) is 1.85. The highest BCUT2D eigenvalue weighted by molar-refractivity contribution is 5.82. The van der Waals surface area contributed by atoms with Crippen LogP contribution in [-0.4, -0.2) is 25.0 Å². The molecule has 0 radical (unpaired) electrons. The molecule has 0 aromatic carbocycles. The van der Waals surface area contributed by atoms with E-state index < -0.39 is 12.0 Å². The third-order valence-electron chi connectivity index (χ3n) is 0.975. The highest BCUT2D eigenvalue weighted by Crippen LogP contribution is 1.84. The maximum absolute atomic E-state index is 10.6. The van der Waals surface area contributed by atoms with Crippen molar-refractivity contribution in [1.82, 2.24) is 5.32 Å². The number of hydrogen-bond acceptors (Lipinski definition) is 3. The fourth-order valence-corrected chi connectivity index (χ4v) is 0.541. The minimum absolute atomic E-state index is 0.238. The molecule has 0 fully saturated rings. The molecule has 0 rings (SSSR count). The lowest BCUT2D eigenvalue weighted by molar-refractivity contribution is -0.144. The first-order chi connectivity index (χ1) is 4.57. The lowest BCUT2D eigenvalue weighted by Gasteiger charge is -2.08. The van der Waals surface area contributed by atoms with Gasteiger partial charge in [-0.15, -0.1) is 0 Å². The molecule has 0 aliphatic rings. The minimum atomic E-state index is -0.553. The Kier molecular flexibility index (Phi) is 3.46. The number of nitrogens with one attached hydrogen (secondary N) is 1. The summed E-state index contributed by atoms with van der Waals surface area (Å²) >= 11 is 0. The van der Waals surface area contributed by atoms with Gasteiger partial charge in [-0.3, -0.25) is 4.79 Å². The zero-order valence-electron chi connectivity index (χ0n) is 6.30. The van der Waals surface area contributed by atoms with Crippen molar-refractivity contribution in [2.75, 3.05) is 7.11 Å². The summed E-state index contributed by atoms with van der Waals surface area (Å²) < 4.78 is 4.36. The van der Waals surface area contributed by atoms with Gasteiger partial charge in [-0.25, -0.2) is 4.79 Å². The lowest BCUT2D eigenvalue weighted by Crippen LogP contribution is -2.37. The Morgan fingerprint density at radius 3 is 2.30 bits per heavy atom. The zero-order valence-corrected chi connectivity index (χ0v) is 6.30. The van der Waals surface area contributed by atoms with Crippen LogP contribution < -0.4 is 5.32 Å². The van der Waals surface area contributed by atoms with E-state index in [9.17, 15) is 9.59 Å². The predicted molar refractivity (Wildman–Crippen MR) is 35.3 cm³/mol. The summed E-state index contributed by atoms with van der Waals surface area (Å²) in [5.41, 5.74) is 0. The van der Waals surface area contributed by atoms with Crippen LogP contribution in [0.4, 0.5) is 0 Å². The van der Waals surface area contributed by atoms with E-state index in [1.807, 2.05) is 0 Å². The van der Waals surface area contributed by atoms with Crippen LogP contribution in [0.15, 0.2) is 0 Å². The van der Waals surface area contributed by atoms with E-state index in [-0.39, 0.29) is 5.91 Å². The first-order valence-electron chi connectivity index (χ1n) is 2.93. The van der Waals surface area contributed by atoms with Gasteiger partial charge in [-0.05, 0) is 6.92 Å². The topological polar surface area (TPSA) is 55.4 Å². The molecule has 1 amide bonds. The zero-order chi connectivity index (χ0) is 8.15. The van der Waals surface area contributed by atoms with Crippen LogP contribution in [0.1, 0.15) is 13.8 Å². The number of methoxy groups -OCH3 is 1. The Labute approximate surface area is 59.6 Å². The Bertz CT molecular complexity index is 144. The molecule has 0 heterocycles. The number of amides is 1. The van der Waals surface area contributed by atoms with Gasteiger partial charge in [0.15, 0.2) is 0 Å². The van der Waals surface area contributed by atoms with E-state index in [1.165, 1.54) is 14.0 Å². The summed E-state index contributed by atoms with van der Waals surface area (Å²) in [5.74, 6) is -0.673. The normalized spacial score (nSPS) is 11.9. The second-order valence-corrected chi connectivity index (χ2v) is 1.95. The molecule has 0 spiro atoms. The predicted octanol–water partition coefficient (Wildman–Crippen LogP) is -0.316. The highest BCUT2D eigenvalue weighted by Gasteiger charge is 2.12. The molecular formula is C6H11NO3. The van der Waals surface area contributed by atoms with Gasteiger partial charge in [0.1, 0.15) is 6.04 Å². The molecule has 1 atom stereocenters. The van der Waals surface area contributed by atoms with Crippen molar-refractivity contribution in [3.05, 3.63) is 0 Å². The van der Waals surface area contributed by atoms with Crippen LogP contribution in [0, 0.1) is 0 Å². The van der Waals surface area contributed by atoms with Crippen molar-refractivity contribution in [2.45, 2.75) is 19.9 Å². The van der Waals surface area contributed by atoms with Crippen LogP contribution >= 0.6 is 0 Å². The fourth-order valence-electron chi connectivity index (χ4n) is 0.541. The smallest absolute Gasteiger partial charge is 0.328 e. The molecule has 0 aromatic heterocycles. The van der Waals surface area contributed by atoms with Crippen molar-refractivity contribution < 1.29 is 14.3 Å². The average molecular weight is 145 g/mol. The number of carbonyl (C=O) groups is 2. The molecule has 4 heteroatoms. The third kappa shape index (κ3) is 3.06. The van der Waals surface area contributed by atoms with Crippen molar-refractivity contribution in [3.8, 4) is 0 Å². The minimum Gasteiger partial charge on any atom is -0.467 e. The molecule has 4 nitrogen and oxygen atoms in total. The Hall–Kier alpha value is -1.06. The van der Waals surface area contributed by atoms with E-state index in [0.29, 0.717) is 0 Å². The summed E-state index contributed by atoms with van der Waals surface area (Å²) in [6.07, 6.45) is 0. The van der Waals surface area contributed by atoms with Crippen molar-refractivity contribution in [2.24, 2.45) is 0 Å². The van der Waals surface area contributed by atoms with Gasteiger partial charge in [0.25, 0.3) is 0 Å². The van der Waals surface area contributed by atoms with Crippen LogP contribution in [-0.2, 0) is 14.3 Å². The van der Waals surface area contributed by atoms with Gasteiger partial charge in [0.05, 0.1) is 7.11 Å². The molecule has 0 aliphatic carbocycles. The number of ether oxygens (including phenoxy) is 1. The molecule has 0 unspecified atom stereocenters. The Morgan fingerprint density at radius 1 is 1.50 bits per heavy atom. The molecule has 0 bridgehead atoms. The number of carbonyl (C=O) groups excluding carboxylic acids is 2. The monoisotopic (exact) mass is 145 g/mol. The Balaban J connectivity index is 3.72. The standard InChI is InChI=1S/C6H11NO3/c1-4(6(9)10-3)7-5(2)8/h4H,1-3H3,(H,7,8)/t4-/m1/s1. The van der Waals surface area contributed by atoms with Gasteiger partial charge in [0, 0.05) is 6.92 Å². The first-order valence-corrected chi connectivity index (χ1v) is 2.93. The van der Waals surface area contributed by atoms with E-state index in [2.05, 4.69) is 10.1 Å². The summed E-state index contributed by atoms with van der Waals surface area (Å²) in [4.78, 5) is 21.0. The van der Waals surface area contributed by atoms with Gasteiger partial charge >= 0.3 is 5.97 Å². The summed E-state index contributed by atoms with van der Waals surface area (Å²) in [6.45, 7) is 2.91. The van der Waals surface area contributed by atoms with Crippen LogP contribution in [0.3, 0.4) is 0 Å². The molecule has 58 valence electrons. The van der Waals surface area contributed by atoms with Gasteiger partial charge in [-0.2, -0.15) is 0 Å². The largest absolute Gasteiger partial charge is 0.467 e. The molecule has 10 heavy (non-hydrogen) atoms. The molecule has 0 aliphatic heterocycles. The fraction of sp³-hybridized carbons (Fsp3) is 0.667. The van der Waals surface area contributed by atoms with Crippen LogP contribution in [0.2, 0.25) is 0 Å². The maximum atomic E-state index is 10.6. The summed E-state index contributed by atoms with van der Waals surface area (Å²) in [5, 5.41) is 2.38. The van der Waals surface area contributed by atoms with Crippen LogP contribution in [0.25, 0.3) is 0 Å². The first kappa shape index (κ1) is 8.94. The molecule has 0 saturated heterocycles. The number of rotatable bonds is 2. The van der Waals surface area contributed by atoms with Gasteiger partial charge in [0.2, 0.25) is 5.91 Å². The van der Waals surface area contributed by atoms with Crippen molar-refractivity contribution >= 4 is 11.9 Å². The van der Waals surface area contributed by atoms with E-state index in [1.54, 1.807) is 6.92 Å². The van der Waals surface area contributed by atoms with Crippen molar-refractivity contribution in [1.29, 1.82) is 0 Å². The van der Waals surface area contributed by atoms with Crippen LogP contribution in [0.5, 0.6) is 0 Å². The molecular weight excluding hydrogens is 134 g/mol. The molecule has 0 aromatic rings. The second-order valence-electron chi connectivity index (χ2n) is 1.95. The number of esters is 1. The lowest BCUT2D eigenvalue weighted by atomic mass is 10.3. The maximum Gasteiger partial charge on any atom is 0.328 e. The molecule has 1 N–H and O–H groups in total. The molecule has 0 saturated carbocycles. The van der Waals surface area contributed by atoms with E-state index >= 15 is 0 Å². The van der Waals surface area contributed by atoms with Gasteiger partial charge in [-0.1, -0.05) is 0 Å². The summed E-state index contributed by atoms with van der Waals surface area (Å²) in [7, 11) is 1.28. The number of hydrogen-bond donors (Lipinski definition) is 1. The van der Waals surface area contributed by atoms with Gasteiger partial charge < -0.3 is 10.1 Å². The highest BCUT2D eigenvalue weighted by atomic mass is 16.5. The second kappa shape index (κ2) is 3.87. The SMILES string of the molecule is COC(=O)[C@@H](C)NC(C)=O. The van der Waals surface area contributed by atoms with E-state index in [0.717, 1.165) is 0 Å². The van der Waals surface area contributed by atoms with E-state index in [4.69, 9.17) is 0 Å².